The van der Waals surface area contributed by atoms with Crippen molar-refractivity contribution in [3.8, 4) is 11.5 Å². The molecule has 1 N–H and O–H groups in total. The summed E-state index contributed by atoms with van der Waals surface area (Å²) in [5, 5.41) is 8.26. The predicted octanol–water partition coefficient (Wildman–Crippen LogP) is 3.16. The topological polar surface area (TPSA) is 48.3 Å². The Hall–Kier alpha value is -1.88. The maximum atomic E-state index is 6.29. The number of hydrogen-bond acceptors (Lipinski definition) is 4. The van der Waals surface area contributed by atoms with Gasteiger partial charge in [0, 0.05) is 26.2 Å². The van der Waals surface area contributed by atoms with E-state index >= 15 is 0 Å². The summed E-state index contributed by atoms with van der Waals surface area (Å²) in [4.78, 5) is 0. The number of aryl methyl sites for hydroxylation is 2. The Labute approximate surface area is 128 Å². The second kappa shape index (κ2) is 5.85. The normalized spacial score (nSPS) is 13.9. The van der Waals surface area contributed by atoms with Crippen molar-refractivity contribution < 1.29 is 9.47 Å². The van der Waals surface area contributed by atoms with Crippen LogP contribution in [0.15, 0.2) is 18.3 Å². The maximum Gasteiger partial charge on any atom is 0.179 e. The minimum absolute atomic E-state index is 0.592. The highest BCUT2D eigenvalue weighted by Gasteiger charge is 2.15. The van der Waals surface area contributed by atoms with Gasteiger partial charge in [-0.1, -0.05) is 11.6 Å². The van der Waals surface area contributed by atoms with E-state index in [1.807, 2.05) is 32.3 Å². The first-order valence-corrected chi connectivity index (χ1v) is 7.33. The van der Waals surface area contributed by atoms with Crippen LogP contribution in [-0.4, -0.2) is 23.0 Å². The summed E-state index contributed by atoms with van der Waals surface area (Å²) < 4.78 is 13.1. The van der Waals surface area contributed by atoms with Crippen LogP contribution >= 0.6 is 11.6 Å². The molecular weight excluding hydrogens is 290 g/mol. The van der Waals surface area contributed by atoms with Gasteiger partial charge >= 0.3 is 0 Å². The number of fused-ring (bicyclic) bond motifs is 1. The van der Waals surface area contributed by atoms with E-state index in [0.29, 0.717) is 30.5 Å². The maximum absolute atomic E-state index is 6.29. The molecule has 3 rings (SSSR count). The van der Waals surface area contributed by atoms with Gasteiger partial charge in [0.05, 0.1) is 29.6 Å². The molecule has 0 amide bonds. The zero-order chi connectivity index (χ0) is 14.8. The van der Waals surface area contributed by atoms with Crippen LogP contribution in [0.1, 0.15) is 17.7 Å². The number of nitrogens with one attached hydrogen (secondary N) is 1. The molecule has 0 saturated heterocycles. The van der Waals surface area contributed by atoms with Gasteiger partial charge in [-0.15, -0.1) is 0 Å². The molecule has 0 bridgehead atoms. The van der Waals surface area contributed by atoms with Gasteiger partial charge < -0.3 is 14.8 Å². The fourth-order valence-electron chi connectivity index (χ4n) is 2.36. The van der Waals surface area contributed by atoms with Gasteiger partial charge in [0.15, 0.2) is 11.5 Å². The number of anilines is 1. The van der Waals surface area contributed by atoms with Crippen molar-refractivity contribution in [2.75, 3.05) is 18.5 Å². The molecule has 112 valence electrons. The molecule has 1 aromatic heterocycles. The Morgan fingerprint density at radius 3 is 2.90 bits per heavy atom. The van der Waals surface area contributed by atoms with Crippen LogP contribution in [0.3, 0.4) is 0 Å². The van der Waals surface area contributed by atoms with Gasteiger partial charge in [-0.3, -0.25) is 4.68 Å². The number of halogens is 1. The van der Waals surface area contributed by atoms with Crippen LogP contribution in [0.2, 0.25) is 5.02 Å². The highest BCUT2D eigenvalue weighted by Crippen LogP contribution is 2.38. The lowest BCUT2D eigenvalue weighted by atomic mass is 10.2. The lowest BCUT2D eigenvalue weighted by molar-refractivity contribution is 0.297. The van der Waals surface area contributed by atoms with Gasteiger partial charge in [-0.2, -0.15) is 5.10 Å². The summed E-state index contributed by atoms with van der Waals surface area (Å²) in [6.07, 6.45) is 2.83. The van der Waals surface area contributed by atoms with Crippen molar-refractivity contribution in [1.29, 1.82) is 0 Å². The Morgan fingerprint density at radius 2 is 2.14 bits per heavy atom. The number of nitrogens with zero attached hydrogens (tertiary/aromatic N) is 2. The minimum atomic E-state index is 0.592. The van der Waals surface area contributed by atoms with Crippen LogP contribution in [0.25, 0.3) is 0 Å². The SMILES string of the molecule is Cc1nn(C)cc1NCc1cc(Cl)c2c(c1)OCCCO2. The number of aromatic nitrogens is 2. The average Bonchev–Trinajstić information content (AvgIpc) is 2.65. The fraction of sp³-hybridized carbons (Fsp3) is 0.400. The monoisotopic (exact) mass is 307 g/mol. The third-order valence-electron chi connectivity index (χ3n) is 3.36. The standard InChI is InChI=1S/C15H18ClN3O2/c1-10-13(9-19(2)18-10)17-8-11-6-12(16)15-14(7-11)20-4-3-5-21-15/h6-7,9,17H,3-5,8H2,1-2H3. The molecule has 0 saturated carbocycles. The molecule has 2 heterocycles. The summed E-state index contributed by atoms with van der Waals surface area (Å²) >= 11 is 6.29. The van der Waals surface area contributed by atoms with E-state index in [1.54, 1.807) is 4.68 Å². The third kappa shape index (κ3) is 3.08. The van der Waals surface area contributed by atoms with Gasteiger partial charge in [0.1, 0.15) is 0 Å². The van der Waals surface area contributed by atoms with E-state index in [4.69, 9.17) is 21.1 Å². The molecule has 1 aliphatic heterocycles. The highest BCUT2D eigenvalue weighted by molar-refractivity contribution is 6.32. The van der Waals surface area contributed by atoms with Crippen molar-refractivity contribution in [1.82, 2.24) is 9.78 Å². The molecule has 0 radical (unpaired) electrons. The van der Waals surface area contributed by atoms with E-state index < -0.39 is 0 Å². The summed E-state index contributed by atoms with van der Waals surface area (Å²) in [6, 6.07) is 3.89. The van der Waals surface area contributed by atoms with E-state index in [-0.39, 0.29) is 0 Å². The first kappa shape index (κ1) is 14.1. The molecule has 0 spiro atoms. The van der Waals surface area contributed by atoms with Crippen LogP contribution in [0.4, 0.5) is 5.69 Å². The van der Waals surface area contributed by atoms with Crippen molar-refractivity contribution in [3.05, 3.63) is 34.6 Å². The average molecular weight is 308 g/mol. The van der Waals surface area contributed by atoms with E-state index in [1.165, 1.54) is 0 Å². The molecule has 0 fully saturated rings. The minimum Gasteiger partial charge on any atom is -0.489 e. The Bertz CT molecular complexity index is 655. The third-order valence-corrected chi connectivity index (χ3v) is 3.64. The highest BCUT2D eigenvalue weighted by atomic mass is 35.5. The first-order chi connectivity index (χ1) is 10.1. The summed E-state index contributed by atoms with van der Waals surface area (Å²) in [5.74, 6) is 1.37. The van der Waals surface area contributed by atoms with Crippen LogP contribution in [0, 0.1) is 6.92 Å². The number of benzene rings is 1. The molecule has 0 unspecified atom stereocenters. The molecule has 0 aliphatic carbocycles. The van der Waals surface area contributed by atoms with Crippen molar-refractivity contribution in [2.24, 2.45) is 7.05 Å². The number of hydrogen-bond donors (Lipinski definition) is 1. The summed E-state index contributed by atoms with van der Waals surface area (Å²) in [6.45, 7) is 3.92. The molecule has 5 nitrogen and oxygen atoms in total. The molecule has 0 atom stereocenters. The zero-order valence-corrected chi connectivity index (χ0v) is 12.9. The van der Waals surface area contributed by atoms with Gasteiger partial charge in [-0.25, -0.2) is 0 Å². The van der Waals surface area contributed by atoms with Crippen LogP contribution in [0.5, 0.6) is 11.5 Å². The molecule has 6 heteroatoms. The van der Waals surface area contributed by atoms with E-state index in [2.05, 4.69) is 10.4 Å². The quantitative estimate of drug-likeness (QED) is 0.946. The summed E-state index contributed by atoms with van der Waals surface area (Å²) in [7, 11) is 1.91. The molecule has 21 heavy (non-hydrogen) atoms. The fourth-order valence-corrected chi connectivity index (χ4v) is 2.64. The largest absolute Gasteiger partial charge is 0.489 e. The van der Waals surface area contributed by atoms with Crippen LogP contribution in [-0.2, 0) is 13.6 Å². The second-order valence-electron chi connectivity index (χ2n) is 5.11. The van der Waals surface area contributed by atoms with Crippen LogP contribution < -0.4 is 14.8 Å². The Morgan fingerprint density at radius 1 is 1.33 bits per heavy atom. The molecule has 2 aromatic rings. The Balaban J connectivity index is 1.78. The van der Waals surface area contributed by atoms with Gasteiger partial charge in [0.25, 0.3) is 0 Å². The summed E-state index contributed by atoms with van der Waals surface area (Å²) in [5.41, 5.74) is 3.03. The van der Waals surface area contributed by atoms with Crippen molar-refractivity contribution in [3.63, 3.8) is 0 Å². The van der Waals surface area contributed by atoms with E-state index in [0.717, 1.165) is 29.1 Å². The number of rotatable bonds is 3. The van der Waals surface area contributed by atoms with E-state index in [9.17, 15) is 0 Å². The van der Waals surface area contributed by atoms with Crippen molar-refractivity contribution >= 4 is 17.3 Å². The number of ether oxygens (including phenoxy) is 2. The lowest BCUT2D eigenvalue weighted by Gasteiger charge is -2.12. The zero-order valence-electron chi connectivity index (χ0n) is 12.1. The van der Waals surface area contributed by atoms with Gasteiger partial charge in [-0.05, 0) is 24.6 Å². The lowest BCUT2D eigenvalue weighted by Crippen LogP contribution is -2.01. The van der Waals surface area contributed by atoms with Crippen molar-refractivity contribution in [2.45, 2.75) is 19.9 Å². The molecular formula is C15H18ClN3O2. The Kier molecular flexibility index (Phi) is 3.92. The molecule has 1 aliphatic rings. The first-order valence-electron chi connectivity index (χ1n) is 6.95. The van der Waals surface area contributed by atoms with Gasteiger partial charge in [0.2, 0.25) is 0 Å². The second-order valence-corrected chi connectivity index (χ2v) is 5.52. The smallest absolute Gasteiger partial charge is 0.179 e. The predicted molar refractivity (Wildman–Crippen MR) is 82.3 cm³/mol. The molecule has 1 aromatic carbocycles.